The average Bonchev–Trinajstić information content (AvgIpc) is 3.53. The first-order chi connectivity index (χ1) is 17.5. The van der Waals surface area contributed by atoms with E-state index < -0.39 is 11.6 Å². The van der Waals surface area contributed by atoms with Crippen LogP contribution in [-0.4, -0.2) is 72.3 Å². The van der Waals surface area contributed by atoms with Crippen LogP contribution in [0.1, 0.15) is 17.1 Å². The predicted molar refractivity (Wildman–Crippen MR) is 128 cm³/mol. The SMILES string of the molecule is Cc1ccc2nnc(Cc3c(F)cc4ncc(-c5cnn(CCN6CCOCC6)c5)cc4c3F)n2n1. The quantitative estimate of drug-likeness (QED) is 0.362. The number of aromatic nitrogens is 7. The van der Waals surface area contributed by atoms with Crippen LogP contribution in [0.25, 0.3) is 27.7 Å². The molecule has 36 heavy (non-hydrogen) atoms. The molecular formula is C25H24F2N8O. The zero-order chi connectivity index (χ0) is 24.6. The van der Waals surface area contributed by atoms with E-state index in [0.29, 0.717) is 17.0 Å². The molecule has 0 N–H and O–H groups in total. The van der Waals surface area contributed by atoms with Crippen molar-refractivity contribution in [1.82, 2.24) is 39.5 Å². The van der Waals surface area contributed by atoms with Crippen molar-refractivity contribution in [3.63, 3.8) is 0 Å². The molecule has 6 rings (SSSR count). The number of fused-ring (bicyclic) bond motifs is 2. The molecule has 0 spiro atoms. The van der Waals surface area contributed by atoms with Gasteiger partial charge in [-0.05, 0) is 25.1 Å². The minimum absolute atomic E-state index is 0.0884. The van der Waals surface area contributed by atoms with Gasteiger partial charge in [0.15, 0.2) is 11.5 Å². The van der Waals surface area contributed by atoms with E-state index in [1.54, 1.807) is 24.5 Å². The Labute approximate surface area is 205 Å². The van der Waals surface area contributed by atoms with Gasteiger partial charge >= 0.3 is 0 Å². The first-order valence-corrected chi connectivity index (χ1v) is 11.8. The van der Waals surface area contributed by atoms with Gasteiger partial charge in [0.05, 0.1) is 37.2 Å². The summed E-state index contributed by atoms with van der Waals surface area (Å²) in [5.41, 5.74) is 2.95. The largest absolute Gasteiger partial charge is 0.379 e. The summed E-state index contributed by atoms with van der Waals surface area (Å²) >= 11 is 0. The van der Waals surface area contributed by atoms with Gasteiger partial charge in [-0.3, -0.25) is 14.6 Å². The number of hydrogen-bond donors (Lipinski definition) is 0. The molecule has 0 aliphatic carbocycles. The molecule has 9 nitrogen and oxygen atoms in total. The highest BCUT2D eigenvalue weighted by Gasteiger charge is 2.19. The molecule has 0 radical (unpaired) electrons. The number of pyridine rings is 1. The lowest BCUT2D eigenvalue weighted by Crippen LogP contribution is -2.38. The lowest BCUT2D eigenvalue weighted by Gasteiger charge is -2.26. The number of halogens is 2. The summed E-state index contributed by atoms with van der Waals surface area (Å²) in [7, 11) is 0. The van der Waals surface area contributed by atoms with Crippen molar-refractivity contribution in [2.45, 2.75) is 19.9 Å². The summed E-state index contributed by atoms with van der Waals surface area (Å²) in [4.78, 5) is 6.66. The zero-order valence-corrected chi connectivity index (χ0v) is 19.7. The van der Waals surface area contributed by atoms with E-state index in [4.69, 9.17) is 4.74 Å². The Hall–Kier alpha value is -3.83. The number of hydrogen-bond acceptors (Lipinski definition) is 7. The summed E-state index contributed by atoms with van der Waals surface area (Å²) in [6.07, 6.45) is 5.18. The van der Waals surface area contributed by atoms with Crippen LogP contribution in [0.3, 0.4) is 0 Å². The van der Waals surface area contributed by atoms with Crippen LogP contribution in [0.4, 0.5) is 8.78 Å². The first-order valence-electron chi connectivity index (χ1n) is 11.8. The molecule has 1 aliphatic heterocycles. The monoisotopic (exact) mass is 490 g/mol. The molecule has 184 valence electrons. The molecule has 0 saturated carbocycles. The number of rotatable bonds is 6. The first kappa shape index (κ1) is 22.6. The van der Waals surface area contributed by atoms with Crippen molar-refractivity contribution >= 4 is 16.6 Å². The third kappa shape index (κ3) is 4.31. The Kier molecular flexibility index (Phi) is 5.86. The third-order valence-electron chi connectivity index (χ3n) is 6.48. The molecule has 11 heteroatoms. The molecule has 4 aromatic heterocycles. The number of morpholine rings is 1. The topological polar surface area (TPSA) is 86.3 Å². The second kappa shape index (κ2) is 9.32. The number of nitrogens with zero attached hydrogens (tertiary/aromatic N) is 8. The lowest BCUT2D eigenvalue weighted by atomic mass is 10.0. The average molecular weight is 491 g/mol. The van der Waals surface area contributed by atoms with Crippen molar-refractivity contribution in [3.8, 4) is 11.1 Å². The number of ether oxygens (including phenoxy) is 1. The van der Waals surface area contributed by atoms with Crippen molar-refractivity contribution in [3.05, 3.63) is 71.6 Å². The maximum Gasteiger partial charge on any atom is 0.177 e. The fourth-order valence-electron chi connectivity index (χ4n) is 4.46. The Balaban J connectivity index is 1.29. The van der Waals surface area contributed by atoms with Crippen LogP contribution in [0, 0.1) is 18.6 Å². The molecular weight excluding hydrogens is 466 g/mol. The van der Waals surface area contributed by atoms with Gasteiger partial charge in [0.1, 0.15) is 11.6 Å². The predicted octanol–water partition coefficient (Wildman–Crippen LogP) is 3.05. The van der Waals surface area contributed by atoms with Gasteiger partial charge in [0.25, 0.3) is 0 Å². The van der Waals surface area contributed by atoms with Gasteiger partial charge in [-0.25, -0.2) is 8.78 Å². The maximum absolute atomic E-state index is 15.6. The standard InChI is InChI=1S/C25H24F2N8O/c1-16-2-3-23-30-31-24(35(23)32-16)11-19-21(26)12-22-20(25(19)27)10-17(13-28-22)18-14-29-34(15-18)5-4-33-6-8-36-9-7-33/h2-3,10,12-15H,4-9,11H2,1H3. The normalized spacial score (nSPS) is 14.8. The molecule has 1 aliphatic rings. The van der Waals surface area contributed by atoms with E-state index in [1.807, 2.05) is 23.9 Å². The highest BCUT2D eigenvalue weighted by Crippen LogP contribution is 2.28. The summed E-state index contributed by atoms with van der Waals surface area (Å²) < 4.78 is 39.3. The van der Waals surface area contributed by atoms with E-state index in [2.05, 4.69) is 30.3 Å². The summed E-state index contributed by atoms with van der Waals surface area (Å²) in [6.45, 7) is 6.80. The Bertz CT molecular complexity index is 1560. The Morgan fingerprint density at radius 2 is 1.86 bits per heavy atom. The molecule has 1 aromatic carbocycles. The van der Waals surface area contributed by atoms with Gasteiger partial charge in [-0.15, -0.1) is 10.2 Å². The highest BCUT2D eigenvalue weighted by atomic mass is 19.1. The minimum Gasteiger partial charge on any atom is -0.379 e. The zero-order valence-electron chi connectivity index (χ0n) is 19.7. The molecule has 0 atom stereocenters. The van der Waals surface area contributed by atoms with E-state index in [0.717, 1.165) is 50.7 Å². The molecule has 5 heterocycles. The van der Waals surface area contributed by atoms with E-state index in [1.165, 1.54) is 10.6 Å². The van der Waals surface area contributed by atoms with Gasteiger partial charge in [-0.1, -0.05) is 0 Å². The fourth-order valence-corrected chi connectivity index (χ4v) is 4.46. The molecule has 5 aromatic rings. The van der Waals surface area contributed by atoms with Gasteiger partial charge < -0.3 is 4.74 Å². The second-order valence-electron chi connectivity index (χ2n) is 8.93. The van der Waals surface area contributed by atoms with Crippen LogP contribution in [0.15, 0.2) is 42.9 Å². The van der Waals surface area contributed by atoms with Crippen molar-refractivity contribution in [2.24, 2.45) is 0 Å². The second-order valence-corrected chi connectivity index (χ2v) is 8.93. The summed E-state index contributed by atoms with van der Waals surface area (Å²) in [5.74, 6) is -0.986. The lowest BCUT2D eigenvalue weighted by molar-refractivity contribution is 0.0360. The van der Waals surface area contributed by atoms with Gasteiger partial charge in [-0.2, -0.15) is 14.7 Å². The van der Waals surface area contributed by atoms with Gasteiger partial charge in [0, 0.05) is 66.6 Å². The summed E-state index contributed by atoms with van der Waals surface area (Å²) in [6, 6.07) is 6.52. The van der Waals surface area contributed by atoms with Crippen molar-refractivity contribution in [1.29, 1.82) is 0 Å². The van der Waals surface area contributed by atoms with Crippen LogP contribution in [-0.2, 0) is 17.7 Å². The maximum atomic E-state index is 15.6. The molecule has 0 unspecified atom stereocenters. The molecule has 0 amide bonds. The van der Waals surface area contributed by atoms with Crippen LogP contribution < -0.4 is 0 Å². The summed E-state index contributed by atoms with van der Waals surface area (Å²) in [5, 5.41) is 17.2. The van der Waals surface area contributed by atoms with Gasteiger partial charge in [0.2, 0.25) is 0 Å². The van der Waals surface area contributed by atoms with E-state index in [-0.39, 0.29) is 22.9 Å². The Morgan fingerprint density at radius 3 is 2.72 bits per heavy atom. The highest BCUT2D eigenvalue weighted by molar-refractivity contribution is 5.84. The number of aryl methyl sites for hydroxylation is 1. The Morgan fingerprint density at radius 1 is 1.00 bits per heavy atom. The number of benzene rings is 1. The van der Waals surface area contributed by atoms with Crippen LogP contribution in [0.2, 0.25) is 0 Å². The van der Waals surface area contributed by atoms with Crippen LogP contribution >= 0.6 is 0 Å². The van der Waals surface area contributed by atoms with Crippen LogP contribution in [0.5, 0.6) is 0 Å². The van der Waals surface area contributed by atoms with E-state index >= 15 is 4.39 Å². The minimum atomic E-state index is -0.680. The van der Waals surface area contributed by atoms with Crippen molar-refractivity contribution in [2.75, 3.05) is 32.8 Å². The smallest absolute Gasteiger partial charge is 0.177 e. The fraction of sp³-hybridized carbons (Fsp3) is 0.320. The van der Waals surface area contributed by atoms with Crippen molar-refractivity contribution < 1.29 is 13.5 Å². The third-order valence-corrected chi connectivity index (χ3v) is 6.48. The molecule has 0 bridgehead atoms. The van der Waals surface area contributed by atoms with E-state index in [9.17, 15) is 4.39 Å². The molecule has 1 fully saturated rings. The molecule has 1 saturated heterocycles.